The molecule has 7 heteroatoms. The molecule has 1 atom stereocenters. The van der Waals surface area contributed by atoms with E-state index in [-0.39, 0.29) is 17.5 Å². The lowest BCUT2D eigenvalue weighted by Crippen LogP contribution is -2.36. The van der Waals surface area contributed by atoms with Gasteiger partial charge < -0.3 is 10.1 Å². The molecule has 17 heavy (non-hydrogen) atoms. The summed E-state index contributed by atoms with van der Waals surface area (Å²) in [6.07, 6.45) is 3.51. The van der Waals surface area contributed by atoms with Gasteiger partial charge in [0, 0.05) is 6.54 Å². The summed E-state index contributed by atoms with van der Waals surface area (Å²) >= 11 is 0. The van der Waals surface area contributed by atoms with Crippen molar-refractivity contribution >= 4 is 10.0 Å². The average molecular weight is 261 g/mol. The molecule has 0 aromatic carbocycles. The molecule has 0 spiro atoms. The maximum Gasteiger partial charge on any atom is 0.257 e. The Labute approximate surface area is 102 Å². The van der Waals surface area contributed by atoms with Crippen molar-refractivity contribution in [3.63, 3.8) is 0 Å². The van der Waals surface area contributed by atoms with Crippen LogP contribution in [0.1, 0.15) is 26.7 Å². The predicted octanol–water partition coefficient (Wildman–Crippen LogP) is 0.485. The third-order valence-corrected chi connectivity index (χ3v) is 4.19. The van der Waals surface area contributed by atoms with Crippen LogP contribution in [-0.4, -0.2) is 36.1 Å². The molecule has 0 fully saturated rings. The summed E-state index contributed by atoms with van der Waals surface area (Å²) < 4.78 is 25.8. The Kier molecular flexibility index (Phi) is 5.10. The van der Waals surface area contributed by atoms with Crippen LogP contribution in [0.3, 0.4) is 0 Å². The molecule has 0 radical (unpaired) electrons. The van der Waals surface area contributed by atoms with Crippen LogP contribution in [0.2, 0.25) is 0 Å². The van der Waals surface area contributed by atoms with Crippen LogP contribution in [0.4, 0.5) is 0 Å². The molecule has 6 nitrogen and oxygen atoms in total. The van der Waals surface area contributed by atoms with Gasteiger partial charge in [-0.25, -0.2) is 18.1 Å². The van der Waals surface area contributed by atoms with Crippen molar-refractivity contribution in [2.45, 2.75) is 37.8 Å². The molecule has 0 aliphatic carbocycles. The first-order chi connectivity index (χ1) is 8.01. The van der Waals surface area contributed by atoms with E-state index in [0.29, 0.717) is 0 Å². The van der Waals surface area contributed by atoms with Gasteiger partial charge in [0.25, 0.3) is 10.0 Å². The maximum absolute atomic E-state index is 11.7. The average Bonchev–Trinajstić information content (AvgIpc) is 2.82. The fourth-order valence-corrected chi connectivity index (χ4v) is 2.62. The fraction of sp³-hybridized carbons (Fsp3) is 0.700. The van der Waals surface area contributed by atoms with Crippen molar-refractivity contribution in [3.8, 4) is 0 Å². The quantitative estimate of drug-likeness (QED) is 0.665. The molecule has 0 saturated carbocycles. The number of aromatic nitrogens is 2. The summed E-state index contributed by atoms with van der Waals surface area (Å²) in [7, 11) is -3.59. The van der Waals surface area contributed by atoms with E-state index in [2.05, 4.69) is 14.7 Å². The van der Waals surface area contributed by atoms with Crippen molar-refractivity contribution in [1.29, 1.82) is 0 Å². The van der Waals surface area contributed by atoms with E-state index in [1.54, 1.807) is 0 Å². The Balaban J connectivity index is 2.56. The Morgan fingerprint density at radius 3 is 2.59 bits per heavy atom. The highest BCUT2D eigenvalue weighted by Gasteiger charge is 2.20. The number of hydrogen-bond donors (Lipinski definition) is 3. The zero-order chi connectivity index (χ0) is 12.9. The lowest BCUT2D eigenvalue weighted by Gasteiger charge is -2.19. The molecular formula is C10H19N3O3S. The summed E-state index contributed by atoms with van der Waals surface area (Å²) in [5, 5.41) is 9.83. The number of hydrogen-bond acceptors (Lipinski definition) is 4. The van der Waals surface area contributed by atoms with Crippen LogP contribution < -0.4 is 4.72 Å². The number of H-pyrrole nitrogens is 1. The van der Waals surface area contributed by atoms with Crippen LogP contribution in [0.15, 0.2) is 17.6 Å². The van der Waals surface area contributed by atoms with Crippen molar-refractivity contribution < 1.29 is 13.5 Å². The zero-order valence-corrected chi connectivity index (χ0v) is 10.9. The highest BCUT2D eigenvalue weighted by atomic mass is 32.2. The molecule has 1 rings (SSSR count). The standard InChI is InChI=1S/C10H19N3O3S/c1-3-8(4-2)9(14)5-13-17(15,16)10-6-11-7-12-10/h6-9,13-14H,3-5H2,1-2H3,(H,11,12). The highest BCUT2D eigenvalue weighted by Crippen LogP contribution is 2.13. The van der Waals surface area contributed by atoms with Crippen LogP contribution in [0.25, 0.3) is 0 Å². The molecule has 1 heterocycles. The second-order valence-corrected chi connectivity index (χ2v) is 5.65. The van der Waals surface area contributed by atoms with Gasteiger partial charge in [-0.15, -0.1) is 0 Å². The molecule has 1 aromatic heterocycles. The minimum Gasteiger partial charge on any atom is -0.391 e. The Morgan fingerprint density at radius 2 is 2.12 bits per heavy atom. The summed E-state index contributed by atoms with van der Waals surface area (Å²) in [6.45, 7) is 3.97. The van der Waals surface area contributed by atoms with Gasteiger partial charge in [0.2, 0.25) is 0 Å². The largest absolute Gasteiger partial charge is 0.391 e. The van der Waals surface area contributed by atoms with Gasteiger partial charge in [-0.3, -0.25) is 0 Å². The number of nitrogens with zero attached hydrogens (tertiary/aromatic N) is 1. The van der Waals surface area contributed by atoms with Crippen molar-refractivity contribution in [2.75, 3.05) is 6.54 Å². The lowest BCUT2D eigenvalue weighted by molar-refractivity contribution is 0.107. The molecule has 0 amide bonds. The molecule has 1 unspecified atom stereocenters. The summed E-state index contributed by atoms with van der Waals surface area (Å²) in [6, 6.07) is 0. The van der Waals surface area contributed by atoms with Gasteiger partial charge in [0.15, 0.2) is 5.03 Å². The van der Waals surface area contributed by atoms with E-state index in [4.69, 9.17) is 0 Å². The van der Waals surface area contributed by atoms with E-state index in [1.807, 2.05) is 13.8 Å². The summed E-state index contributed by atoms with van der Waals surface area (Å²) in [5.41, 5.74) is 0. The Hall–Kier alpha value is -0.920. The summed E-state index contributed by atoms with van der Waals surface area (Å²) in [5.74, 6) is 0.111. The second kappa shape index (κ2) is 6.13. The topological polar surface area (TPSA) is 95.1 Å². The summed E-state index contributed by atoms with van der Waals surface area (Å²) in [4.78, 5) is 6.16. The molecule has 3 N–H and O–H groups in total. The smallest absolute Gasteiger partial charge is 0.257 e. The Bertz CT molecular complexity index is 412. The van der Waals surface area contributed by atoms with E-state index in [9.17, 15) is 13.5 Å². The SMILES string of the molecule is CCC(CC)C(O)CNS(=O)(=O)c1cnc[nH]1. The van der Waals surface area contributed by atoms with Gasteiger partial charge >= 0.3 is 0 Å². The molecular weight excluding hydrogens is 242 g/mol. The number of aliphatic hydroxyl groups excluding tert-OH is 1. The van der Waals surface area contributed by atoms with E-state index in [1.165, 1.54) is 12.5 Å². The molecule has 0 bridgehead atoms. The van der Waals surface area contributed by atoms with Crippen LogP contribution in [0.5, 0.6) is 0 Å². The van der Waals surface area contributed by atoms with Crippen molar-refractivity contribution in [3.05, 3.63) is 12.5 Å². The number of rotatable bonds is 7. The zero-order valence-electron chi connectivity index (χ0n) is 10.0. The second-order valence-electron chi connectivity index (χ2n) is 3.91. The number of sulfonamides is 1. The van der Waals surface area contributed by atoms with E-state index < -0.39 is 16.1 Å². The van der Waals surface area contributed by atoms with Gasteiger partial charge in [0.05, 0.1) is 18.6 Å². The lowest BCUT2D eigenvalue weighted by atomic mass is 9.97. The number of aliphatic hydroxyl groups is 1. The molecule has 0 saturated heterocycles. The van der Waals surface area contributed by atoms with Gasteiger partial charge in [-0.1, -0.05) is 26.7 Å². The van der Waals surface area contributed by atoms with Crippen LogP contribution >= 0.6 is 0 Å². The third kappa shape index (κ3) is 3.79. The first-order valence-electron chi connectivity index (χ1n) is 5.67. The fourth-order valence-electron chi connectivity index (χ4n) is 1.66. The third-order valence-electron chi connectivity index (χ3n) is 2.84. The van der Waals surface area contributed by atoms with Crippen LogP contribution in [-0.2, 0) is 10.0 Å². The number of imidazole rings is 1. The minimum atomic E-state index is -3.59. The first kappa shape index (κ1) is 14.1. The first-order valence-corrected chi connectivity index (χ1v) is 7.15. The number of aromatic amines is 1. The van der Waals surface area contributed by atoms with Crippen molar-refractivity contribution in [1.82, 2.24) is 14.7 Å². The maximum atomic E-state index is 11.7. The molecule has 1 aromatic rings. The van der Waals surface area contributed by atoms with Gasteiger partial charge in [0.1, 0.15) is 0 Å². The highest BCUT2D eigenvalue weighted by molar-refractivity contribution is 7.89. The van der Waals surface area contributed by atoms with E-state index in [0.717, 1.165) is 12.8 Å². The molecule has 0 aliphatic rings. The van der Waals surface area contributed by atoms with Gasteiger partial charge in [-0.2, -0.15) is 0 Å². The molecule has 98 valence electrons. The number of nitrogens with one attached hydrogen (secondary N) is 2. The predicted molar refractivity (Wildman–Crippen MR) is 63.9 cm³/mol. The normalized spacial score (nSPS) is 14.1. The van der Waals surface area contributed by atoms with E-state index >= 15 is 0 Å². The van der Waals surface area contributed by atoms with Crippen LogP contribution in [0, 0.1) is 5.92 Å². The Morgan fingerprint density at radius 1 is 1.47 bits per heavy atom. The van der Waals surface area contributed by atoms with Gasteiger partial charge in [-0.05, 0) is 5.92 Å². The molecule has 0 aliphatic heterocycles. The monoisotopic (exact) mass is 261 g/mol. The van der Waals surface area contributed by atoms with Crippen molar-refractivity contribution in [2.24, 2.45) is 5.92 Å². The minimum absolute atomic E-state index is 0.00856.